The van der Waals surface area contributed by atoms with Crippen LogP contribution in [0.25, 0.3) is 17.0 Å². The van der Waals surface area contributed by atoms with Gasteiger partial charge in [0.25, 0.3) is 0 Å². The second kappa shape index (κ2) is 7.06. The molecule has 0 N–H and O–H groups in total. The number of ether oxygens (including phenoxy) is 2. The number of rotatable bonds is 2. The lowest BCUT2D eigenvalue weighted by molar-refractivity contribution is -0.135. The topological polar surface area (TPSA) is 96.0 Å². The third-order valence-corrected chi connectivity index (χ3v) is 5.90. The van der Waals surface area contributed by atoms with Crippen LogP contribution in [0.1, 0.15) is 45.3 Å². The first-order valence-corrected chi connectivity index (χ1v) is 10.4. The number of para-hydroxylation sites is 1. The highest BCUT2D eigenvalue weighted by Gasteiger charge is 2.39. The van der Waals surface area contributed by atoms with Crippen LogP contribution in [0, 0.1) is 6.92 Å². The van der Waals surface area contributed by atoms with Crippen molar-refractivity contribution in [3.05, 3.63) is 99.0 Å². The van der Waals surface area contributed by atoms with Crippen molar-refractivity contribution < 1.29 is 27.9 Å². The van der Waals surface area contributed by atoms with Gasteiger partial charge < -0.3 is 18.3 Å². The number of Topliss-reactive ketones (excluding diaryl/α,β-unsaturated/α-hetero) is 1. The summed E-state index contributed by atoms with van der Waals surface area (Å²) in [4.78, 5) is 38.7. The van der Waals surface area contributed by atoms with E-state index >= 15 is 0 Å². The van der Waals surface area contributed by atoms with Gasteiger partial charge in [-0.1, -0.05) is 12.1 Å². The first-order valence-electron chi connectivity index (χ1n) is 10.4. The molecule has 6 rings (SSSR count). The highest BCUT2D eigenvalue weighted by Crippen LogP contribution is 2.48. The minimum atomic E-state index is -0.685. The molecule has 0 bridgehead atoms. The number of aryl methyl sites for hydroxylation is 1. The molecule has 2 aliphatic heterocycles. The van der Waals surface area contributed by atoms with E-state index in [4.69, 9.17) is 18.3 Å². The van der Waals surface area contributed by atoms with Crippen LogP contribution < -0.4 is 14.9 Å². The van der Waals surface area contributed by atoms with Crippen molar-refractivity contribution in [2.45, 2.75) is 19.3 Å². The van der Waals surface area contributed by atoms with Crippen molar-refractivity contribution in [2.24, 2.45) is 0 Å². The molecular formula is C26H16O7. The number of carbonyl (C=O) groups excluding carboxylic acids is 2. The first-order chi connectivity index (χ1) is 16.0. The average molecular weight is 440 g/mol. The zero-order valence-electron chi connectivity index (χ0n) is 17.4. The molecule has 0 amide bonds. The van der Waals surface area contributed by atoms with E-state index in [9.17, 15) is 14.4 Å². The standard InChI is InChI=1S/C26H16O7/c1-13-6-7-14(31-13)10-21-25(29)16-8-9-20-23(26(16)33-21)17(11-22(27)32-20)18-12-30-19-5-3-2-4-15(19)24(18)28/h2-10,12,17H,11H2,1H3/b21-10-/t17-/m0/s1. The van der Waals surface area contributed by atoms with Gasteiger partial charge in [-0.05, 0) is 43.3 Å². The summed E-state index contributed by atoms with van der Waals surface area (Å²) in [7, 11) is 0. The molecule has 4 aromatic rings. The highest BCUT2D eigenvalue weighted by molar-refractivity contribution is 6.15. The molecule has 0 saturated heterocycles. The number of allylic oxidation sites excluding steroid dienone is 1. The number of ketones is 1. The molecule has 0 spiro atoms. The van der Waals surface area contributed by atoms with Crippen LogP contribution in [0.3, 0.4) is 0 Å². The summed E-state index contributed by atoms with van der Waals surface area (Å²) >= 11 is 0. The van der Waals surface area contributed by atoms with E-state index in [1.165, 1.54) is 12.3 Å². The van der Waals surface area contributed by atoms with Gasteiger partial charge in [0.1, 0.15) is 28.6 Å². The molecular weight excluding hydrogens is 424 g/mol. The molecule has 2 aliphatic rings. The second-order valence-corrected chi connectivity index (χ2v) is 7.99. The van der Waals surface area contributed by atoms with Gasteiger partial charge in [-0.3, -0.25) is 14.4 Å². The first kappa shape index (κ1) is 19.3. The van der Waals surface area contributed by atoms with E-state index in [-0.39, 0.29) is 34.9 Å². The molecule has 7 nitrogen and oxygen atoms in total. The lowest BCUT2D eigenvalue weighted by Gasteiger charge is -2.25. The second-order valence-electron chi connectivity index (χ2n) is 7.99. The molecule has 0 radical (unpaired) electrons. The molecule has 0 saturated carbocycles. The van der Waals surface area contributed by atoms with Crippen LogP contribution in [0.4, 0.5) is 0 Å². The van der Waals surface area contributed by atoms with Crippen molar-refractivity contribution in [1.82, 2.24) is 0 Å². The van der Waals surface area contributed by atoms with Crippen LogP contribution in [0.15, 0.2) is 74.2 Å². The maximum Gasteiger partial charge on any atom is 0.312 e. The Balaban J connectivity index is 1.52. The maximum absolute atomic E-state index is 13.3. The number of benzene rings is 2. The van der Waals surface area contributed by atoms with Gasteiger partial charge >= 0.3 is 5.97 Å². The predicted octanol–water partition coefficient (Wildman–Crippen LogP) is 4.75. The molecule has 7 heteroatoms. The molecule has 0 aliphatic carbocycles. The van der Waals surface area contributed by atoms with E-state index in [0.29, 0.717) is 39.2 Å². The Hall–Kier alpha value is -4.39. The summed E-state index contributed by atoms with van der Waals surface area (Å²) in [6.45, 7) is 1.80. The number of esters is 1. The van der Waals surface area contributed by atoms with Crippen molar-refractivity contribution in [3.63, 3.8) is 0 Å². The molecule has 0 unspecified atom stereocenters. The van der Waals surface area contributed by atoms with E-state index in [1.54, 1.807) is 55.5 Å². The Bertz CT molecular complexity index is 1570. The van der Waals surface area contributed by atoms with E-state index in [1.807, 2.05) is 0 Å². The van der Waals surface area contributed by atoms with Crippen molar-refractivity contribution in [2.75, 3.05) is 0 Å². The van der Waals surface area contributed by atoms with Gasteiger partial charge in [0.15, 0.2) is 11.2 Å². The summed E-state index contributed by atoms with van der Waals surface area (Å²) in [5.74, 6) is 0.327. The fraction of sp³-hybridized carbons (Fsp3) is 0.115. The third kappa shape index (κ3) is 3.01. The predicted molar refractivity (Wildman–Crippen MR) is 117 cm³/mol. The largest absolute Gasteiger partial charge is 0.464 e. The van der Waals surface area contributed by atoms with Crippen molar-refractivity contribution in [1.29, 1.82) is 0 Å². The SMILES string of the molecule is Cc1ccc(/C=C2\Oc3c(ccc4c3[C@H](c3coc5ccccc5c3=O)CC(=O)O4)C2=O)o1. The molecule has 33 heavy (non-hydrogen) atoms. The van der Waals surface area contributed by atoms with Gasteiger partial charge in [-0.2, -0.15) is 0 Å². The Labute approximate surface area is 186 Å². The van der Waals surface area contributed by atoms with Gasteiger partial charge in [-0.25, -0.2) is 0 Å². The van der Waals surface area contributed by atoms with Gasteiger partial charge in [0, 0.05) is 23.1 Å². The quantitative estimate of drug-likeness (QED) is 0.252. The minimum Gasteiger partial charge on any atom is -0.464 e. The Morgan fingerprint density at radius 2 is 1.82 bits per heavy atom. The lowest BCUT2D eigenvalue weighted by atomic mass is 9.85. The number of fused-ring (bicyclic) bond motifs is 4. The van der Waals surface area contributed by atoms with Gasteiger partial charge in [0.05, 0.1) is 23.6 Å². The average Bonchev–Trinajstić information content (AvgIpc) is 3.36. The summed E-state index contributed by atoms with van der Waals surface area (Å²) in [5, 5.41) is 0.411. The minimum absolute atomic E-state index is 0.0828. The monoisotopic (exact) mass is 440 g/mol. The molecule has 2 aromatic heterocycles. The molecule has 162 valence electrons. The lowest BCUT2D eigenvalue weighted by Crippen LogP contribution is -2.25. The van der Waals surface area contributed by atoms with Gasteiger partial charge in [0.2, 0.25) is 5.78 Å². The number of hydrogen-bond donors (Lipinski definition) is 0. The van der Waals surface area contributed by atoms with Gasteiger partial charge in [-0.15, -0.1) is 0 Å². The summed E-state index contributed by atoms with van der Waals surface area (Å²) in [6.07, 6.45) is 2.81. The Morgan fingerprint density at radius 1 is 0.970 bits per heavy atom. The number of hydrogen-bond acceptors (Lipinski definition) is 7. The summed E-state index contributed by atoms with van der Waals surface area (Å²) < 4.78 is 22.6. The summed E-state index contributed by atoms with van der Waals surface area (Å²) in [5.41, 5.74) is 1.31. The fourth-order valence-corrected chi connectivity index (χ4v) is 4.37. The number of furan rings is 1. The van der Waals surface area contributed by atoms with E-state index < -0.39 is 11.9 Å². The van der Waals surface area contributed by atoms with Crippen molar-refractivity contribution >= 4 is 28.8 Å². The zero-order chi connectivity index (χ0) is 22.7. The van der Waals surface area contributed by atoms with Crippen LogP contribution in [-0.4, -0.2) is 11.8 Å². The Kier molecular flexibility index (Phi) is 4.13. The van der Waals surface area contributed by atoms with Crippen LogP contribution in [-0.2, 0) is 4.79 Å². The third-order valence-electron chi connectivity index (χ3n) is 5.90. The molecule has 0 fully saturated rings. The number of carbonyl (C=O) groups is 2. The van der Waals surface area contributed by atoms with E-state index in [2.05, 4.69) is 0 Å². The molecule has 1 atom stereocenters. The van der Waals surface area contributed by atoms with Crippen LogP contribution in [0.2, 0.25) is 0 Å². The molecule has 2 aromatic carbocycles. The maximum atomic E-state index is 13.3. The van der Waals surface area contributed by atoms with Crippen LogP contribution >= 0.6 is 0 Å². The van der Waals surface area contributed by atoms with Crippen molar-refractivity contribution in [3.8, 4) is 11.5 Å². The normalized spacial score (nSPS) is 18.2. The zero-order valence-corrected chi connectivity index (χ0v) is 17.4. The summed E-state index contributed by atoms with van der Waals surface area (Å²) in [6, 6.07) is 13.5. The van der Waals surface area contributed by atoms with E-state index in [0.717, 1.165) is 0 Å². The Morgan fingerprint density at radius 3 is 2.64 bits per heavy atom. The smallest absolute Gasteiger partial charge is 0.312 e. The van der Waals surface area contributed by atoms with Crippen LogP contribution in [0.5, 0.6) is 11.5 Å². The fourth-order valence-electron chi connectivity index (χ4n) is 4.37. The highest BCUT2D eigenvalue weighted by atomic mass is 16.5. The molecule has 4 heterocycles.